The van der Waals surface area contributed by atoms with Crippen molar-refractivity contribution in [2.24, 2.45) is 5.92 Å². The third kappa shape index (κ3) is 4.07. The summed E-state index contributed by atoms with van der Waals surface area (Å²) in [6.45, 7) is 11.9. The molecular weight excluding hydrogens is 250 g/mol. The monoisotopic (exact) mass is 277 g/mol. The summed E-state index contributed by atoms with van der Waals surface area (Å²) in [5.41, 5.74) is 0. The average molecular weight is 277 g/mol. The van der Waals surface area contributed by atoms with E-state index in [9.17, 15) is 0 Å². The third-order valence-corrected chi connectivity index (χ3v) is 3.84. The van der Waals surface area contributed by atoms with Crippen LogP contribution in [-0.4, -0.2) is 47.6 Å². The van der Waals surface area contributed by atoms with Crippen molar-refractivity contribution < 1.29 is 0 Å². The summed E-state index contributed by atoms with van der Waals surface area (Å²) in [7, 11) is 0. The minimum atomic E-state index is 0.734. The zero-order valence-electron chi connectivity index (χ0n) is 12.9. The van der Waals surface area contributed by atoms with Gasteiger partial charge in [0.15, 0.2) is 0 Å². The molecule has 112 valence electrons. The maximum absolute atomic E-state index is 4.56. The normalized spacial score (nSPS) is 19.2. The second-order valence-corrected chi connectivity index (χ2v) is 5.37. The molecule has 0 saturated carbocycles. The van der Waals surface area contributed by atoms with E-state index in [-0.39, 0.29) is 0 Å². The van der Waals surface area contributed by atoms with Crippen LogP contribution in [0.1, 0.15) is 33.0 Å². The van der Waals surface area contributed by atoms with Crippen molar-refractivity contribution in [1.29, 1.82) is 0 Å². The van der Waals surface area contributed by atoms with Gasteiger partial charge in [-0.25, -0.2) is 9.97 Å². The summed E-state index contributed by atoms with van der Waals surface area (Å²) in [5.74, 6) is 3.50. The van der Waals surface area contributed by atoms with Gasteiger partial charge >= 0.3 is 0 Å². The SMILES string of the molecule is CCNc1cc(NCC2CCN(CC)C2)nc(CC)n1. The molecule has 20 heavy (non-hydrogen) atoms. The fraction of sp³-hybridized carbons (Fsp3) is 0.733. The van der Waals surface area contributed by atoms with E-state index in [0.717, 1.165) is 49.4 Å². The fourth-order valence-electron chi connectivity index (χ4n) is 2.63. The number of hydrogen-bond acceptors (Lipinski definition) is 5. The van der Waals surface area contributed by atoms with Gasteiger partial charge in [0, 0.05) is 32.1 Å². The van der Waals surface area contributed by atoms with Crippen molar-refractivity contribution in [3.8, 4) is 0 Å². The largest absolute Gasteiger partial charge is 0.370 e. The Bertz CT molecular complexity index is 421. The molecule has 0 aliphatic carbocycles. The van der Waals surface area contributed by atoms with Gasteiger partial charge in [0.05, 0.1) is 0 Å². The van der Waals surface area contributed by atoms with Crippen LogP contribution in [0.4, 0.5) is 11.6 Å². The van der Waals surface area contributed by atoms with Crippen LogP contribution in [0.15, 0.2) is 6.07 Å². The molecule has 1 atom stereocenters. The number of rotatable bonds is 7. The van der Waals surface area contributed by atoms with Crippen molar-refractivity contribution in [2.75, 3.05) is 43.4 Å². The van der Waals surface area contributed by atoms with Gasteiger partial charge in [0.25, 0.3) is 0 Å². The van der Waals surface area contributed by atoms with E-state index in [0.29, 0.717) is 0 Å². The first-order valence-corrected chi connectivity index (χ1v) is 7.83. The lowest BCUT2D eigenvalue weighted by Gasteiger charge is -2.15. The highest BCUT2D eigenvalue weighted by Gasteiger charge is 2.20. The average Bonchev–Trinajstić information content (AvgIpc) is 2.93. The maximum atomic E-state index is 4.56. The molecule has 2 heterocycles. The van der Waals surface area contributed by atoms with Gasteiger partial charge < -0.3 is 15.5 Å². The summed E-state index contributed by atoms with van der Waals surface area (Å²) in [6, 6.07) is 2.01. The van der Waals surface area contributed by atoms with Gasteiger partial charge in [0.2, 0.25) is 0 Å². The zero-order valence-corrected chi connectivity index (χ0v) is 12.9. The van der Waals surface area contributed by atoms with Crippen LogP contribution < -0.4 is 10.6 Å². The molecular formula is C15H27N5. The van der Waals surface area contributed by atoms with E-state index < -0.39 is 0 Å². The van der Waals surface area contributed by atoms with E-state index >= 15 is 0 Å². The van der Waals surface area contributed by atoms with Crippen LogP contribution >= 0.6 is 0 Å². The Morgan fingerprint density at radius 1 is 1.20 bits per heavy atom. The second kappa shape index (κ2) is 7.43. The summed E-state index contributed by atoms with van der Waals surface area (Å²) in [4.78, 5) is 11.5. The molecule has 1 saturated heterocycles. The number of anilines is 2. The van der Waals surface area contributed by atoms with E-state index in [4.69, 9.17) is 0 Å². The Kier molecular flexibility index (Phi) is 5.59. The molecule has 1 aliphatic heterocycles. The molecule has 1 aliphatic rings. The van der Waals surface area contributed by atoms with Crippen molar-refractivity contribution in [3.63, 3.8) is 0 Å². The lowest BCUT2D eigenvalue weighted by molar-refractivity contribution is 0.345. The smallest absolute Gasteiger partial charge is 0.132 e. The van der Waals surface area contributed by atoms with Gasteiger partial charge in [-0.05, 0) is 32.4 Å². The molecule has 5 heteroatoms. The number of hydrogen-bond donors (Lipinski definition) is 2. The van der Waals surface area contributed by atoms with E-state index in [1.165, 1.54) is 19.5 Å². The van der Waals surface area contributed by atoms with Crippen LogP contribution in [0.2, 0.25) is 0 Å². The van der Waals surface area contributed by atoms with Crippen molar-refractivity contribution in [2.45, 2.75) is 33.6 Å². The van der Waals surface area contributed by atoms with Crippen molar-refractivity contribution >= 4 is 11.6 Å². The molecule has 2 N–H and O–H groups in total. The van der Waals surface area contributed by atoms with Crippen LogP contribution in [0.3, 0.4) is 0 Å². The van der Waals surface area contributed by atoms with Gasteiger partial charge in [-0.3, -0.25) is 0 Å². The summed E-state index contributed by atoms with van der Waals surface area (Å²) in [5, 5.41) is 6.75. The number of aromatic nitrogens is 2. The van der Waals surface area contributed by atoms with Crippen LogP contribution in [-0.2, 0) is 6.42 Å². The van der Waals surface area contributed by atoms with E-state index in [1.54, 1.807) is 0 Å². The lowest BCUT2D eigenvalue weighted by atomic mass is 10.1. The Morgan fingerprint density at radius 3 is 2.55 bits per heavy atom. The molecule has 0 amide bonds. The summed E-state index contributed by atoms with van der Waals surface area (Å²) < 4.78 is 0. The number of likely N-dealkylation sites (tertiary alicyclic amines) is 1. The standard InChI is InChI=1S/C15H27N5/c1-4-13-18-14(16-5-2)9-15(19-13)17-10-12-7-8-20(6-3)11-12/h9,12H,4-8,10-11H2,1-3H3,(H2,16,17,18,19). The fourth-order valence-corrected chi connectivity index (χ4v) is 2.63. The quantitative estimate of drug-likeness (QED) is 0.800. The molecule has 0 spiro atoms. The topological polar surface area (TPSA) is 53.1 Å². The number of nitrogens with zero attached hydrogens (tertiary/aromatic N) is 3. The predicted octanol–water partition coefficient (Wildman–Crippen LogP) is 2.22. The van der Waals surface area contributed by atoms with E-state index in [2.05, 4.69) is 46.3 Å². The van der Waals surface area contributed by atoms with Gasteiger partial charge in [0.1, 0.15) is 17.5 Å². The highest BCUT2D eigenvalue weighted by Crippen LogP contribution is 2.17. The molecule has 2 rings (SSSR count). The van der Waals surface area contributed by atoms with Crippen LogP contribution in [0, 0.1) is 5.92 Å². The highest BCUT2D eigenvalue weighted by molar-refractivity contribution is 5.47. The molecule has 1 fully saturated rings. The van der Waals surface area contributed by atoms with Gasteiger partial charge in [-0.1, -0.05) is 13.8 Å². The molecule has 1 aromatic heterocycles. The minimum Gasteiger partial charge on any atom is -0.370 e. The first-order chi connectivity index (χ1) is 9.75. The summed E-state index contributed by atoms with van der Waals surface area (Å²) in [6.07, 6.45) is 2.15. The first-order valence-electron chi connectivity index (χ1n) is 7.83. The van der Waals surface area contributed by atoms with Gasteiger partial charge in [-0.15, -0.1) is 0 Å². The molecule has 0 bridgehead atoms. The summed E-state index contributed by atoms with van der Waals surface area (Å²) >= 11 is 0. The molecule has 5 nitrogen and oxygen atoms in total. The first kappa shape index (κ1) is 15.0. The van der Waals surface area contributed by atoms with Gasteiger partial charge in [-0.2, -0.15) is 0 Å². The minimum absolute atomic E-state index is 0.734. The Hall–Kier alpha value is -1.36. The lowest BCUT2D eigenvalue weighted by Crippen LogP contribution is -2.22. The Balaban J connectivity index is 1.93. The van der Waals surface area contributed by atoms with E-state index in [1.807, 2.05) is 6.07 Å². The zero-order chi connectivity index (χ0) is 14.4. The third-order valence-electron chi connectivity index (χ3n) is 3.84. The highest BCUT2D eigenvalue weighted by atomic mass is 15.1. The Morgan fingerprint density at radius 2 is 1.95 bits per heavy atom. The Labute approximate surface area is 122 Å². The van der Waals surface area contributed by atoms with Crippen molar-refractivity contribution in [1.82, 2.24) is 14.9 Å². The maximum Gasteiger partial charge on any atom is 0.132 e. The molecule has 1 unspecified atom stereocenters. The van der Waals surface area contributed by atoms with Crippen molar-refractivity contribution in [3.05, 3.63) is 11.9 Å². The molecule has 1 aromatic rings. The van der Waals surface area contributed by atoms with Crippen LogP contribution in [0.5, 0.6) is 0 Å². The van der Waals surface area contributed by atoms with Crippen LogP contribution in [0.25, 0.3) is 0 Å². The second-order valence-electron chi connectivity index (χ2n) is 5.37. The number of nitrogens with one attached hydrogen (secondary N) is 2. The molecule has 0 aromatic carbocycles. The molecule has 0 radical (unpaired) electrons. The number of aryl methyl sites for hydroxylation is 1. The predicted molar refractivity (Wildman–Crippen MR) is 84.3 cm³/mol.